The van der Waals surface area contributed by atoms with E-state index in [0.29, 0.717) is 17.6 Å². The Morgan fingerprint density at radius 1 is 1.48 bits per heavy atom. The van der Waals surface area contributed by atoms with E-state index < -0.39 is 5.60 Å². The minimum Gasteiger partial charge on any atom is -0.444 e. The number of rotatable bonds is 3. The number of carbonyl (C=O) groups is 1. The van der Waals surface area contributed by atoms with Gasteiger partial charge in [-0.05, 0) is 45.2 Å². The van der Waals surface area contributed by atoms with Gasteiger partial charge in [-0.2, -0.15) is 0 Å². The first-order chi connectivity index (χ1) is 9.83. The van der Waals surface area contributed by atoms with Gasteiger partial charge < -0.3 is 15.0 Å². The van der Waals surface area contributed by atoms with Crippen LogP contribution in [0.15, 0.2) is 12.1 Å². The SMILES string of the molecule is CC(C)(C)OC(=O)NC[C@@H]1CCN(c2ccc(Cl)nn2)C1. The molecule has 1 fully saturated rings. The molecule has 1 saturated heterocycles. The van der Waals surface area contributed by atoms with Crippen LogP contribution in [-0.2, 0) is 4.74 Å². The van der Waals surface area contributed by atoms with Crippen molar-refractivity contribution >= 4 is 23.5 Å². The van der Waals surface area contributed by atoms with E-state index in [1.165, 1.54) is 0 Å². The van der Waals surface area contributed by atoms with Crippen LogP contribution in [0.3, 0.4) is 0 Å². The van der Waals surface area contributed by atoms with Gasteiger partial charge in [0.25, 0.3) is 0 Å². The molecule has 1 aromatic heterocycles. The number of halogens is 1. The van der Waals surface area contributed by atoms with Crippen LogP contribution in [0.1, 0.15) is 27.2 Å². The van der Waals surface area contributed by atoms with Gasteiger partial charge >= 0.3 is 6.09 Å². The lowest BCUT2D eigenvalue weighted by Crippen LogP contribution is -2.36. The van der Waals surface area contributed by atoms with E-state index in [0.717, 1.165) is 25.3 Å². The minimum absolute atomic E-state index is 0.368. The van der Waals surface area contributed by atoms with Gasteiger partial charge in [0.15, 0.2) is 11.0 Å². The zero-order chi connectivity index (χ0) is 15.5. The molecule has 7 heteroatoms. The molecule has 1 amide bonds. The molecule has 0 aromatic carbocycles. The Labute approximate surface area is 129 Å². The van der Waals surface area contributed by atoms with Gasteiger partial charge in [0, 0.05) is 19.6 Å². The van der Waals surface area contributed by atoms with E-state index in [4.69, 9.17) is 16.3 Å². The van der Waals surface area contributed by atoms with Crippen LogP contribution in [0.25, 0.3) is 0 Å². The minimum atomic E-state index is -0.468. The molecular formula is C14H21ClN4O2. The summed E-state index contributed by atoms with van der Waals surface area (Å²) < 4.78 is 5.22. The lowest BCUT2D eigenvalue weighted by Gasteiger charge is -2.21. The molecule has 1 aliphatic rings. The number of anilines is 1. The van der Waals surface area contributed by atoms with Crippen LogP contribution >= 0.6 is 11.6 Å². The molecule has 1 aliphatic heterocycles. The quantitative estimate of drug-likeness (QED) is 0.928. The Balaban J connectivity index is 1.78. The molecule has 6 nitrogen and oxygen atoms in total. The fourth-order valence-corrected chi connectivity index (χ4v) is 2.33. The van der Waals surface area contributed by atoms with Crippen LogP contribution in [0.5, 0.6) is 0 Å². The number of nitrogens with zero attached hydrogens (tertiary/aromatic N) is 3. The van der Waals surface area contributed by atoms with Crippen LogP contribution in [-0.4, -0.2) is 41.5 Å². The summed E-state index contributed by atoms with van der Waals surface area (Å²) in [5.74, 6) is 1.20. The first-order valence-corrected chi connectivity index (χ1v) is 7.42. The zero-order valence-electron chi connectivity index (χ0n) is 12.6. The highest BCUT2D eigenvalue weighted by atomic mass is 35.5. The summed E-state index contributed by atoms with van der Waals surface area (Å²) in [5, 5.41) is 11.1. The lowest BCUT2D eigenvalue weighted by atomic mass is 10.1. The fourth-order valence-electron chi connectivity index (χ4n) is 2.23. The number of carbonyl (C=O) groups excluding carboxylic acids is 1. The highest BCUT2D eigenvalue weighted by molar-refractivity contribution is 6.29. The van der Waals surface area contributed by atoms with E-state index in [1.54, 1.807) is 6.07 Å². The summed E-state index contributed by atoms with van der Waals surface area (Å²) in [6, 6.07) is 3.59. The van der Waals surface area contributed by atoms with Crippen LogP contribution < -0.4 is 10.2 Å². The number of nitrogens with one attached hydrogen (secondary N) is 1. The summed E-state index contributed by atoms with van der Waals surface area (Å²) in [4.78, 5) is 13.8. The molecule has 116 valence electrons. The fraction of sp³-hybridized carbons (Fsp3) is 0.643. The largest absolute Gasteiger partial charge is 0.444 e. The second kappa shape index (κ2) is 6.47. The van der Waals surface area contributed by atoms with Gasteiger partial charge in [-0.1, -0.05) is 11.6 Å². The van der Waals surface area contributed by atoms with Crippen molar-refractivity contribution in [2.75, 3.05) is 24.5 Å². The standard InChI is InChI=1S/C14H21ClN4O2/c1-14(2,3)21-13(20)16-8-10-6-7-19(9-10)12-5-4-11(15)17-18-12/h4-5,10H,6-9H2,1-3H3,(H,16,20)/t10-/m0/s1. The topological polar surface area (TPSA) is 67.3 Å². The van der Waals surface area contributed by atoms with Crippen LogP contribution in [0, 0.1) is 5.92 Å². The van der Waals surface area contributed by atoms with Crippen molar-refractivity contribution in [1.82, 2.24) is 15.5 Å². The molecule has 1 N–H and O–H groups in total. The highest BCUT2D eigenvalue weighted by Crippen LogP contribution is 2.21. The van der Waals surface area contributed by atoms with Gasteiger partial charge in [0.2, 0.25) is 0 Å². The molecule has 2 heterocycles. The molecule has 0 unspecified atom stereocenters. The van der Waals surface area contributed by atoms with Crippen LogP contribution in [0.2, 0.25) is 5.15 Å². The summed E-state index contributed by atoms with van der Waals surface area (Å²) >= 11 is 5.73. The Hall–Kier alpha value is -1.56. The molecular weight excluding hydrogens is 292 g/mol. The summed E-state index contributed by atoms with van der Waals surface area (Å²) in [5.41, 5.74) is -0.468. The number of ether oxygens (including phenoxy) is 1. The lowest BCUT2D eigenvalue weighted by molar-refractivity contribution is 0.0520. The van der Waals surface area contributed by atoms with E-state index in [1.807, 2.05) is 26.8 Å². The monoisotopic (exact) mass is 312 g/mol. The van der Waals surface area contributed by atoms with E-state index in [-0.39, 0.29) is 6.09 Å². The van der Waals surface area contributed by atoms with Crippen molar-refractivity contribution in [2.24, 2.45) is 5.92 Å². The Morgan fingerprint density at radius 2 is 2.24 bits per heavy atom. The normalized spacial score (nSPS) is 18.7. The van der Waals surface area contributed by atoms with E-state index >= 15 is 0 Å². The van der Waals surface area contributed by atoms with Gasteiger partial charge in [-0.15, -0.1) is 10.2 Å². The summed E-state index contributed by atoms with van der Waals surface area (Å²) in [7, 11) is 0. The molecule has 0 bridgehead atoms. The van der Waals surface area contributed by atoms with Crippen molar-refractivity contribution in [3.8, 4) is 0 Å². The summed E-state index contributed by atoms with van der Waals surface area (Å²) in [6.45, 7) is 7.89. The van der Waals surface area contributed by atoms with Crippen molar-refractivity contribution in [2.45, 2.75) is 32.8 Å². The molecule has 1 aromatic rings. The number of amides is 1. The van der Waals surface area contributed by atoms with Gasteiger partial charge in [0.1, 0.15) is 5.60 Å². The van der Waals surface area contributed by atoms with E-state index in [9.17, 15) is 4.79 Å². The van der Waals surface area contributed by atoms with Crippen molar-refractivity contribution < 1.29 is 9.53 Å². The van der Waals surface area contributed by atoms with Gasteiger partial charge in [-0.25, -0.2) is 4.79 Å². The second-order valence-corrected chi connectivity index (χ2v) is 6.59. The maximum atomic E-state index is 11.6. The molecule has 0 spiro atoms. The molecule has 0 aliphatic carbocycles. The molecule has 1 atom stereocenters. The average molecular weight is 313 g/mol. The maximum Gasteiger partial charge on any atom is 0.407 e. The third-order valence-electron chi connectivity index (χ3n) is 3.16. The molecule has 21 heavy (non-hydrogen) atoms. The summed E-state index contributed by atoms with van der Waals surface area (Å²) in [6.07, 6.45) is 0.632. The molecule has 0 saturated carbocycles. The highest BCUT2D eigenvalue weighted by Gasteiger charge is 2.25. The van der Waals surface area contributed by atoms with Crippen LogP contribution in [0.4, 0.5) is 10.6 Å². The van der Waals surface area contributed by atoms with Crippen molar-refractivity contribution in [1.29, 1.82) is 0 Å². The third kappa shape index (κ3) is 5.04. The van der Waals surface area contributed by atoms with E-state index in [2.05, 4.69) is 20.4 Å². The Kier molecular flexibility index (Phi) is 4.88. The van der Waals surface area contributed by atoms with Crippen molar-refractivity contribution in [3.05, 3.63) is 17.3 Å². The Bertz CT molecular complexity index is 487. The number of hydrogen-bond acceptors (Lipinski definition) is 5. The average Bonchev–Trinajstić information content (AvgIpc) is 2.84. The van der Waals surface area contributed by atoms with Crippen molar-refractivity contribution in [3.63, 3.8) is 0 Å². The maximum absolute atomic E-state index is 11.6. The number of alkyl carbamates (subject to hydrolysis) is 1. The smallest absolute Gasteiger partial charge is 0.407 e. The first kappa shape index (κ1) is 15.8. The predicted octanol–water partition coefficient (Wildman–Crippen LogP) is 2.48. The number of aromatic nitrogens is 2. The Morgan fingerprint density at radius 3 is 2.86 bits per heavy atom. The predicted molar refractivity (Wildman–Crippen MR) is 81.6 cm³/mol. The second-order valence-electron chi connectivity index (χ2n) is 6.20. The third-order valence-corrected chi connectivity index (χ3v) is 3.36. The van der Waals surface area contributed by atoms with Gasteiger partial charge in [0.05, 0.1) is 0 Å². The number of hydrogen-bond donors (Lipinski definition) is 1. The first-order valence-electron chi connectivity index (χ1n) is 7.04. The van der Waals surface area contributed by atoms with Gasteiger partial charge in [-0.3, -0.25) is 0 Å². The zero-order valence-corrected chi connectivity index (χ0v) is 13.4. The molecule has 0 radical (unpaired) electrons. The molecule has 2 rings (SSSR count).